The number of hydrogen-bond donors (Lipinski definition) is 3. The molecule has 3 N–H and O–H groups in total. The standard InChI is InChI=1S/C29H47N3O7S/c1-10-29(7,8)32(26(36)21(16-18-40-9)31-27(37)39-28(4,5)6)23(20-14-12-13-19(3)24(20)34)25(35)30-17-15-22(33)38-11-2/h12-14,21,23,34H,10-11,15-18H2,1-9H3,(H,30,35)(H,31,37). The topological polar surface area (TPSA) is 134 Å². The number of esters is 1. The lowest BCUT2D eigenvalue weighted by Crippen LogP contribution is -2.59. The van der Waals surface area contributed by atoms with Gasteiger partial charge in [-0.2, -0.15) is 11.8 Å². The summed E-state index contributed by atoms with van der Waals surface area (Å²) in [5.41, 5.74) is -0.864. The molecule has 10 nitrogen and oxygen atoms in total. The van der Waals surface area contributed by atoms with Gasteiger partial charge in [-0.05, 0) is 78.9 Å². The van der Waals surface area contributed by atoms with Gasteiger partial charge in [0.05, 0.1) is 13.0 Å². The molecule has 11 heteroatoms. The Morgan fingerprint density at radius 2 is 1.75 bits per heavy atom. The van der Waals surface area contributed by atoms with Gasteiger partial charge in [-0.15, -0.1) is 0 Å². The number of phenols is 1. The second-order valence-corrected chi connectivity index (χ2v) is 12.1. The Morgan fingerprint density at radius 1 is 1.10 bits per heavy atom. The number of para-hydroxylation sites is 1. The molecule has 2 unspecified atom stereocenters. The number of carbonyl (C=O) groups excluding carboxylic acids is 4. The molecule has 1 aromatic carbocycles. The molecule has 0 aliphatic rings. The van der Waals surface area contributed by atoms with E-state index in [0.717, 1.165) is 0 Å². The highest BCUT2D eigenvalue weighted by molar-refractivity contribution is 7.98. The molecule has 226 valence electrons. The van der Waals surface area contributed by atoms with Crippen LogP contribution in [0.1, 0.15) is 84.9 Å². The highest BCUT2D eigenvalue weighted by Gasteiger charge is 2.44. The molecule has 40 heavy (non-hydrogen) atoms. The SMILES string of the molecule is CCOC(=O)CCNC(=O)C(c1cccc(C)c1O)N(C(=O)C(CCSC)NC(=O)OC(C)(C)C)C(C)(C)CC. The van der Waals surface area contributed by atoms with Crippen LogP contribution in [-0.2, 0) is 23.9 Å². The summed E-state index contributed by atoms with van der Waals surface area (Å²) < 4.78 is 10.4. The number of nitrogens with one attached hydrogen (secondary N) is 2. The number of aryl methyl sites for hydroxylation is 1. The van der Waals surface area contributed by atoms with E-state index >= 15 is 0 Å². The zero-order valence-corrected chi connectivity index (χ0v) is 26.2. The molecule has 1 aromatic rings. The second-order valence-electron chi connectivity index (χ2n) is 11.1. The van der Waals surface area contributed by atoms with Crippen LogP contribution in [0.4, 0.5) is 4.79 Å². The van der Waals surface area contributed by atoms with Crippen LogP contribution in [0.3, 0.4) is 0 Å². The Hall–Kier alpha value is -2.95. The highest BCUT2D eigenvalue weighted by atomic mass is 32.2. The van der Waals surface area contributed by atoms with E-state index < -0.39 is 47.1 Å². The number of phenolic OH excluding ortho intramolecular Hbond substituents is 1. The lowest BCUT2D eigenvalue weighted by molar-refractivity contribution is -0.149. The Labute approximate surface area is 242 Å². The number of aromatic hydroxyl groups is 1. The number of carbonyl (C=O) groups is 4. The summed E-state index contributed by atoms with van der Waals surface area (Å²) in [7, 11) is 0. The van der Waals surface area contributed by atoms with Gasteiger partial charge in [0.15, 0.2) is 0 Å². The molecule has 0 aliphatic carbocycles. The van der Waals surface area contributed by atoms with E-state index in [1.54, 1.807) is 52.8 Å². The van der Waals surface area contributed by atoms with Crippen LogP contribution >= 0.6 is 11.8 Å². The molecule has 0 spiro atoms. The fraction of sp³-hybridized carbons (Fsp3) is 0.655. The fourth-order valence-corrected chi connectivity index (χ4v) is 4.45. The van der Waals surface area contributed by atoms with Gasteiger partial charge in [0.1, 0.15) is 23.4 Å². The maximum Gasteiger partial charge on any atom is 0.408 e. The minimum absolute atomic E-state index is 0.0125. The lowest BCUT2D eigenvalue weighted by Gasteiger charge is -2.44. The third kappa shape index (κ3) is 10.6. The Bertz CT molecular complexity index is 1020. The number of benzene rings is 1. The molecule has 0 saturated carbocycles. The largest absolute Gasteiger partial charge is 0.507 e. The molecule has 2 atom stereocenters. The smallest absolute Gasteiger partial charge is 0.408 e. The van der Waals surface area contributed by atoms with Gasteiger partial charge < -0.3 is 30.1 Å². The molecule has 0 saturated heterocycles. The van der Waals surface area contributed by atoms with Crippen molar-refractivity contribution in [3.8, 4) is 5.75 Å². The van der Waals surface area contributed by atoms with Crippen molar-refractivity contribution in [3.05, 3.63) is 29.3 Å². The Morgan fingerprint density at radius 3 is 2.30 bits per heavy atom. The maximum absolute atomic E-state index is 14.3. The minimum atomic E-state index is -1.25. The van der Waals surface area contributed by atoms with Gasteiger partial charge >= 0.3 is 12.1 Å². The maximum atomic E-state index is 14.3. The second kappa shape index (κ2) is 15.7. The lowest BCUT2D eigenvalue weighted by atomic mass is 9.90. The molecule has 0 fully saturated rings. The van der Waals surface area contributed by atoms with Gasteiger partial charge in [-0.3, -0.25) is 14.4 Å². The molecule has 0 heterocycles. The molecule has 1 rings (SSSR count). The highest BCUT2D eigenvalue weighted by Crippen LogP contribution is 2.37. The van der Waals surface area contributed by atoms with Crippen LogP contribution in [-0.4, -0.2) is 76.2 Å². The van der Waals surface area contributed by atoms with Gasteiger partial charge in [-0.1, -0.05) is 25.1 Å². The zero-order valence-electron chi connectivity index (χ0n) is 25.4. The third-order valence-corrected chi connectivity index (χ3v) is 7.00. The summed E-state index contributed by atoms with van der Waals surface area (Å²) in [6.07, 6.45) is 1.88. The van der Waals surface area contributed by atoms with Crippen molar-refractivity contribution >= 4 is 35.6 Å². The average Bonchev–Trinajstić information content (AvgIpc) is 2.85. The van der Waals surface area contributed by atoms with Crippen molar-refractivity contribution in [3.63, 3.8) is 0 Å². The molecule has 3 amide bonds. The third-order valence-electron chi connectivity index (χ3n) is 6.36. The van der Waals surface area contributed by atoms with Gasteiger partial charge in [0.25, 0.3) is 0 Å². The van der Waals surface area contributed by atoms with E-state index in [0.29, 0.717) is 24.2 Å². The number of alkyl carbamates (subject to hydrolysis) is 1. The van der Waals surface area contributed by atoms with Crippen LogP contribution in [0, 0.1) is 6.92 Å². The van der Waals surface area contributed by atoms with Crippen molar-refractivity contribution in [2.45, 2.75) is 97.9 Å². The van der Waals surface area contributed by atoms with Crippen LogP contribution in [0.2, 0.25) is 0 Å². The quantitative estimate of drug-likeness (QED) is 0.274. The Balaban J connectivity index is 3.62. The van der Waals surface area contributed by atoms with Gasteiger partial charge in [0, 0.05) is 17.6 Å². The summed E-state index contributed by atoms with van der Waals surface area (Å²) in [6, 6.07) is 2.77. The van der Waals surface area contributed by atoms with E-state index in [2.05, 4.69) is 10.6 Å². The van der Waals surface area contributed by atoms with E-state index in [4.69, 9.17) is 9.47 Å². The number of thioether (sulfide) groups is 1. The van der Waals surface area contributed by atoms with Crippen LogP contribution < -0.4 is 10.6 Å². The Kier molecular flexibility index (Phi) is 13.8. The zero-order chi connectivity index (χ0) is 30.7. The first-order valence-corrected chi connectivity index (χ1v) is 15.0. The van der Waals surface area contributed by atoms with Crippen LogP contribution in [0.15, 0.2) is 18.2 Å². The molecule has 0 aliphatic heterocycles. The van der Waals surface area contributed by atoms with Crippen molar-refractivity contribution in [1.82, 2.24) is 15.5 Å². The van der Waals surface area contributed by atoms with E-state index in [9.17, 15) is 24.3 Å². The van der Waals surface area contributed by atoms with Crippen molar-refractivity contribution in [2.24, 2.45) is 0 Å². The summed E-state index contributed by atoms with van der Waals surface area (Å²) in [6.45, 7) is 14.4. The van der Waals surface area contributed by atoms with E-state index in [-0.39, 0.29) is 30.9 Å². The molecule has 0 bridgehead atoms. The first kappa shape index (κ1) is 35.1. The van der Waals surface area contributed by atoms with Crippen LogP contribution in [0.5, 0.6) is 5.75 Å². The molecule has 0 aromatic heterocycles. The van der Waals surface area contributed by atoms with E-state index in [1.165, 1.54) is 16.7 Å². The average molecular weight is 582 g/mol. The monoisotopic (exact) mass is 581 g/mol. The molecule has 0 radical (unpaired) electrons. The summed E-state index contributed by atoms with van der Waals surface area (Å²) in [5.74, 6) is -1.06. The normalized spacial score (nSPS) is 13.1. The first-order valence-electron chi connectivity index (χ1n) is 13.6. The summed E-state index contributed by atoms with van der Waals surface area (Å²) >= 11 is 1.52. The van der Waals surface area contributed by atoms with Crippen LogP contribution in [0.25, 0.3) is 0 Å². The molecular weight excluding hydrogens is 534 g/mol. The number of rotatable bonds is 14. The predicted molar refractivity (Wildman–Crippen MR) is 157 cm³/mol. The van der Waals surface area contributed by atoms with E-state index in [1.807, 2.05) is 27.0 Å². The first-order chi connectivity index (χ1) is 18.6. The number of hydrogen-bond acceptors (Lipinski definition) is 8. The fourth-order valence-electron chi connectivity index (χ4n) is 3.97. The minimum Gasteiger partial charge on any atom is -0.507 e. The number of amides is 3. The predicted octanol–water partition coefficient (Wildman–Crippen LogP) is 4.47. The van der Waals surface area contributed by atoms with Gasteiger partial charge in [0.2, 0.25) is 11.8 Å². The van der Waals surface area contributed by atoms with Crippen molar-refractivity contribution in [1.29, 1.82) is 0 Å². The number of ether oxygens (including phenoxy) is 2. The van der Waals surface area contributed by atoms with Crippen molar-refractivity contribution in [2.75, 3.05) is 25.2 Å². The van der Waals surface area contributed by atoms with Gasteiger partial charge in [-0.25, -0.2) is 4.79 Å². The van der Waals surface area contributed by atoms with Crippen molar-refractivity contribution < 1.29 is 33.8 Å². The summed E-state index contributed by atoms with van der Waals surface area (Å²) in [4.78, 5) is 54.2. The molecular formula is C29H47N3O7S. The summed E-state index contributed by atoms with van der Waals surface area (Å²) in [5, 5.41) is 16.5. The number of nitrogens with zero attached hydrogens (tertiary/aromatic N) is 1.